The molecule has 172 valence electrons. The number of nitrogens with zero attached hydrogens (tertiary/aromatic N) is 2. The van der Waals surface area contributed by atoms with Gasteiger partial charge in [0, 0.05) is 31.8 Å². The third-order valence-electron chi connectivity index (χ3n) is 7.07. The molecule has 1 N–H and O–H groups in total. The largest absolute Gasteiger partial charge is 0.493 e. The van der Waals surface area contributed by atoms with E-state index in [1.54, 1.807) is 15.9 Å². The van der Waals surface area contributed by atoms with E-state index in [0.717, 1.165) is 12.2 Å². The van der Waals surface area contributed by atoms with Crippen LogP contribution in [0, 0.1) is 5.92 Å². The lowest BCUT2D eigenvalue weighted by atomic mass is 9.96. The van der Waals surface area contributed by atoms with Crippen LogP contribution in [0.5, 0.6) is 5.75 Å². The Hall–Kier alpha value is -3.35. The van der Waals surface area contributed by atoms with Crippen LogP contribution in [0.25, 0.3) is 0 Å². The minimum atomic E-state index is -0.675. The van der Waals surface area contributed by atoms with Gasteiger partial charge in [0.15, 0.2) is 0 Å². The van der Waals surface area contributed by atoms with E-state index < -0.39 is 5.66 Å². The van der Waals surface area contributed by atoms with Gasteiger partial charge in [-0.15, -0.1) is 0 Å². The van der Waals surface area contributed by atoms with Crippen molar-refractivity contribution in [3.8, 4) is 5.75 Å². The maximum absolute atomic E-state index is 13.3. The van der Waals surface area contributed by atoms with Crippen molar-refractivity contribution in [2.24, 2.45) is 5.92 Å². The first-order chi connectivity index (χ1) is 16.0. The Labute approximate surface area is 193 Å². The molecule has 7 heteroatoms. The summed E-state index contributed by atoms with van der Waals surface area (Å²) in [4.78, 5) is 41.9. The molecule has 3 amide bonds. The van der Waals surface area contributed by atoms with Crippen molar-refractivity contribution in [1.82, 2.24) is 10.2 Å². The van der Waals surface area contributed by atoms with E-state index >= 15 is 0 Å². The summed E-state index contributed by atoms with van der Waals surface area (Å²) >= 11 is 0. The predicted octanol–water partition coefficient (Wildman–Crippen LogP) is 3.13. The third-order valence-corrected chi connectivity index (χ3v) is 7.07. The van der Waals surface area contributed by atoms with Crippen molar-refractivity contribution in [2.45, 2.75) is 44.7 Å². The minimum Gasteiger partial charge on any atom is -0.493 e. The second-order valence-electron chi connectivity index (χ2n) is 9.32. The Morgan fingerprint density at radius 1 is 1.15 bits per heavy atom. The van der Waals surface area contributed by atoms with E-state index in [0.29, 0.717) is 56.6 Å². The maximum atomic E-state index is 13.3. The van der Waals surface area contributed by atoms with E-state index in [2.05, 4.69) is 11.4 Å². The number of nitrogens with one attached hydrogen (secondary N) is 1. The summed E-state index contributed by atoms with van der Waals surface area (Å²) in [5.74, 6) is 1.12. The topological polar surface area (TPSA) is 79.0 Å². The summed E-state index contributed by atoms with van der Waals surface area (Å²) in [6.45, 7) is 3.55. The van der Waals surface area contributed by atoms with Crippen LogP contribution in [0.3, 0.4) is 0 Å². The van der Waals surface area contributed by atoms with Crippen molar-refractivity contribution in [2.75, 3.05) is 24.6 Å². The lowest BCUT2D eigenvalue weighted by molar-refractivity contribution is -0.121. The molecule has 2 aromatic carbocycles. The van der Waals surface area contributed by atoms with E-state index in [1.165, 1.54) is 5.56 Å². The number of hydrogen-bond donors (Lipinski definition) is 1. The zero-order valence-corrected chi connectivity index (χ0v) is 18.9. The SMILES string of the molecule is CC12CCC(=O)N1c1ccccc1C(=O)N2CCCC(=O)NCC1COc2ccccc2C1. The lowest BCUT2D eigenvalue weighted by Crippen LogP contribution is -2.62. The van der Waals surface area contributed by atoms with E-state index in [1.807, 2.05) is 43.3 Å². The molecule has 33 heavy (non-hydrogen) atoms. The molecule has 0 saturated carbocycles. The Kier molecular flexibility index (Phi) is 5.56. The molecule has 0 aliphatic carbocycles. The molecular formula is C26H29N3O4. The standard InChI is InChI=1S/C26H29N3O4/c1-26-13-12-24(31)29(26)21-9-4-3-8-20(21)25(32)28(26)14-6-11-23(30)27-16-18-15-19-7-2-5-10-22(19)33-17-18/h2-5,7-10,18H,6,11-17H2,1H3,(H,27,30). The van der Waals surface area contributed by atoms with Gasteiger partial charge in [-0.1, -0.05) is 30.3 Å². The minimum absolute atomic E-state index is 0.0248. The fourth-order valence-corrected chi connectivity index (χ4v) is 5.31. The van der Waals surface area contributed by atoms with Crippen molar-refractivity contribution >= 4 is 23.4 Å². The molecule has 2 unspecified atom stereocenters. The summed E-state index contributed by atoms with van der Waals surface area (Å²) in [6.07, 6.45) is 2.78. The average molecular weight is 448 g/mol. The first-order valence-corrected chi connectivity index (χ1v) is 11.7. The summed E-state index contributed by atoms with van der Waals surface area (Å²) < 4.78 is 5.80. The summed E-state index contributed by atoms with van der Waals surface area (Å²) in [5, 5.41) is 3.02. The van der Waals surface area contributed by atoms with Crippen molar-refractivity contribution in [3.63, 3.8) is 0 Å². The van der Waals surface area contributed by atoms with Gasteiger partial charge in [-0.2, -0.15) is 0 Å². The highest BCUT2D eigenvalue weighted by molar-refractivity contribution is 6.10. The first-order valence-electron chi connectivity index (χ1n) is 11.7. The van der Waals surface area contributed by atoms with Crippen LogP contribution in [0.2, 0.25) is 0 Å². The number of carbonyl (C=O) groups excluding carboxylic acids is 3. The number of benzene rings is 2. The number of hydrogen-bond acceptors (Lipinski definition) is 4. The molecule has 2 atom stereocenters. The van der Waals surface area contributed by atoms with Crippen LogP contribution < -0.4 is 15.0 Å². The van der Waals surface area contributed by atoms with Gasteiger partial charge >= 0.3 is 0 Å². The molecule has 1 saturated heterocycles. The summed E-state index contributed by atoms with van der Waals surface area (Å²) in [6, 6.07) is 15.3. The maximum Gasteiger partial charge on any atom is 0.257 e. The molecule has 5 rings (SSSR count). The zero-order chi connectivity index (χ0) is 23.0. The highest BCUT2D eigenvalue weighted by Crippen LogP contribution is 2.44. The highest BCUT2D eigenvalue weighted by atomic mass is 16.5. The number of amides is 3. The van der Waals surface area contributed by atoms with Crippen LogP contribution in [0.15, 0.2) is 48.5 Å². The quantitative estimate of drug-likeness (QED) is 0.738. The molecule has 0 radical (unpaired) electrons. The van der Waals surface area contributed by atoms with Gasteiger partial charge in [0.25, 0.3) is 5.91 Å². The van der Waals surface area contributed by atoms with Crippen molar-refractivity contribution < 1.29 is 19.1 Å². The predicted molar refractivity (Wildman–Crippen MR) is 124 cm³/mol. The third kappa shape index (κ3) is 3.86. The molecule has 0 aromatic heterocycles. The monoisotopic (exact) mass is 447 g/mol. The van der Waals surface area contributed by atoms with Crippen LogP contribution in [-0.2, 0) is 16.0 Å². The number of rotatable bonds is 6. The molecule has 1 fully saturated rings. The molecule has 3 aliphatic heterocycles. The summed E-state index contributed by atoms with van der Waals surface area (Å²) in [7, 11) is 0. The Morgan fingerprint density at radius 3 is 2.82 bits per heavy atom. The Balaban J connectivity index is 1.17. The number of para-hydroxylation sites is 2. The van der Waals surface area contributed by atoms with Gasteiger partial charge in [0.05, 0.1) is 17.9 Å². The molecule has 0 bridgehead atoms. The van der Waals surface area contributed by atoms with Crippen molar-refractivity contribution in [1.29, 1.82) is 0 Å². The second kappa shape index (κ2) is 8.54. The highest BCUT2D eigenvalue weighted by Gasteiger charge is 2.52. The Morgan fingerprint density at radius 2 is 1.94 bits per heavy atom. The van der Waals surface area contributed by atoms with Crippen LogP contribution in [0.4, 0.5) is 5.69 Å². The lowest BCUT2D eigenvalue weighted by Gasteiger charge is -2.48. The van der Waals surface area contributed by atoms with E-state index in [4.69, 9.17) is 4.74 Å². The van der Waals surface area contributed by atoms with E-state index in [9.17, 15) is 14.4 Å². The van der Waals surface area contributed by atoms with Crippen LogP contribution in [-0.4, -0.2) is 48.0 Å². The van der Waals surface area contributed by atoms with E-state index in [-0.39, 0.29) is 23.6 Å². The fourth-order valence-electron chi connectivity index (χ4n) is 5.31. The average Bonchev–Trinajstić information content (AvgIpc) is 3.14. The normalized spacial score (nSPS) is 23.5. The zero-order valence-electron chi connectivity index (χ0n) is 18.9. The van der Waals surface area contributed by atoms with Gasteiger partial charge in [-0.25, -0.2) is 0 Å². The van der Waals surface area contributed by atoms with Crippen LogP contribution in [0.1, 0.15) is 48.5 Å². The van der Waals surface area contributed by atoms with Gasteiger partial charge in [-0.05, 0) is 49.9 Å². The molecular weight excluding hydrogens is 418 g/mol. The van der Waals surface area contributed by atoms with Crippen molar-refractivity contribution in [3.05, 3.63) is 59.7 Å². The van der Waals surface area contributed by atoms with Crippen LogP contribution >= 0.6 is 0 Å². The molecule has 0 spiro atoms. The smallest absolute Gasteiger partial charge is 0.257 e. The van der Waals surface area contributed by atoms with Gasteiger partial charge < -0.3 is 15.0 Å². The Bertz CT molecular complexity index is 1100. The first kappa shape index (κ1) is 21.5. The van der Waals surface area contributed by atoms with Gasteiger partial charge in [-0.3, -0.25) is 19.3 Å². The summed E-state index contributed by atoms with van der Waals surface area (Å²) in [5.41, 5.74) is 1.74. The molecule has 7 nitrogen and oxygen atoms in total. The number of ether oxygens (including phenoxy) is 1. The number of fused-ring (bicyclic) bond motifs is 4. The van der Waals surface area contributed by atoms with Gasteiger partial charge in [0.1, 0.15) is 11.4 Å². The number of carbonyl (C=O) groups is 3. The fraction of sp³-hybridized carbons (Fsp3) is 0.423. The second-order valence-corrected chi connectivity index (χ2v) is 9.32. The number of anilines is 1. The molecule has 3 aliphatic rings. The van der Waals surface area contributed by atoms with Gasteiger partial charge in [0.2, 0.25) is 11.8 Å². The molecule has 3 heterocycles. The molecule has 2 aromatic rings.